The van der Waals surface area contributed by atoms with Crippen LogP contribution in [0.3, 0.4) is 0 Å². The minimum atomic E-state index is -0.617. The van der Waals surface area contributed by atoms with E-state index in [9.17, 15) is 9.90 Å². The van der Waals surface area contributed by atoms with Crippen molar-refractivity contribution >= 4 is 6.09 Å². The van der Waals surface area contributed by atoms with Gasteiger partial charge in [0.15, 0.2) is 11.5 Å². The molecule has 0 radical (unpaired) electrons. The molecular weight excluding hydrogens is 286 g/mol. The molecule has 120 valence electrons. The smallest absolute Gasteiger partial charge is 0.410 e. The molecule has 2 atom stereocenters. The van der Waals surface area contributed by atoms with Gasteiger partial charge in [-0.1, -0.05) is 6.07 Å². The average molecular weight is 307 g/mol. The van der Waals surface area contributed by atoms with E-state index in [1.165, 1.54) is 0 Å². The van der Waals surface area contributed by atoms with Crippen molar-refractivity contribution in [3.8, 4) is 11.5 Å². The first-order valence-corrected chi connectivity index (χ1v) is 7.58. The fourth-order valence-corrected chi connectivity index (χ4v) is 2.91. The Labute approximate surface area is 129 Å². The minimum Gasteiger partial charge on any atom is -0.454 e. The molecule has 2 aliphatic heterocycles. The fourth-order valence-electron chi connectivity index (χ4n) is 2.91. The number of aliphatic hydroxyl groups is 1. The van der Waals surface area contributed by atoms with E-state index in [4.69, 9.17) is 14.2 Å². The quantitative estimate of drug-likeness (QED) is 0.906. The Morgan fingerprint density at radius 1 is 1.36 bits per heavy atom. The number of ether oxygens (including phenoxy) is 3. The van der Waals surface area contributed by atoms with Crippen molar-refractivity contribution in [3.63, 3.8) is 0 Å². The van der Waals surface area contributed by atoms with E-state index in [1.807, 2.05) is 32.0 Å². The van der Waals surface area contributed by atoms with E-state index in [-0.39, 0.29) is 31.5 Å². The third kappa shape index (κ3) is 2.97. The van der Waals surface area contributed by atoms with Crippen LogP contribution in [0.1, 0.15) is 31.7 Å². The van der Waals surface area contributed by atoms with E-state index in [0.29, 0.717) is 18.7 Å². The normalized spacial score (nSPS) is 23.7. The van der Waals surface area contributed by atoms with Crippen molar-refractivity contribution in [1.29, 1.82) is 0 Å². The number of β-amino-alcohol motifs (C(OH)–C–C–N with tert-alkyl or cyclic N) is 1. The molecule has 6 heteroatoms. The lowest BCUT2D eigenvalue weighted by atomic mass is 9.87. The van der Waals surface area contributed by atoms with E-state index in [1.54, 1.807) is 4.90 Å². The van der Waals surface area contributed by atoms with Crippen LogP contribution in [0.5, 0.6) is 11.5 Å². The number of hydrogen-bond acceptors (Lipinski definition) is 5. The highest BCUT2D eigenvalue weighted by molar-refractivity contribution is 5.68. The molecule has 1 amide bonds. The SMILES string of the molecule is CC(C)OC(=O)N1CC[C@@H](c2ccc3c(c2)OCO3)[C@H](O)C1. The molecule has 22 heavy (non-hydrogen) atoms. The first-order chi connectivity index (χ1) is 10.5. The van der Waals surface area contributed by atoms with Crippen LogP contribution in [0, 0.1) is 0 Å². The van der Waals surface area contributed by atoms with E-state index in [2.05, 4.69) is 0 Å². The molecular formula is C16H21NO5. The highest BCUT2D eigenvalue weighted by Crippen LogP contribution is 2.37. The zero-order chi connectivity index (χ0) is 15.7. The number of fused-ring (bicyclic) bond motifs is 1. The van der Waals surface area contributed by atoms with E-state index >= 15 is 0 Å². The fraction of sp³-hybridized carbons (Fsp3) is 0.562. The number of carbonyl (C=O) groups excluding carboxylic acids is 1. The van der Waals surface area contributed by atoms with Crippen LogP contribution >= 0.6 is 0 Å². The second kappa shape index (κ2) is 6.04. The van der Waals surface area contributed by atoms with Crippen molar-refractivity contribution in [1.82, 2.24) is 4.90 Å². The summed E-state index contributed by atoms with van der Waals surface area (Å²) >= 11 is 0. The zero-order valence-electron chi connectivity index (χ0n) is 12.8. The maximum Gasteiger partial charge on any atom is 0.410 e. The summed E-state index contributed by atoms with van der Waals surface area (Å²) in [7, 11) is 0. The maximum atomic E-state index is 11.9. The second-order valence-corrected chi connectivity index (χ2v) is 5.95. The van der Waals surface area contributed by atoms with Crippen LogP contribution in [0.25, 0.3) is 0 Å². The lowest BCUT2D eigenvalue weighted by Crippen LogP contribution is -2.46. The van der Waals surface area contributed by atoms with Gasteiger partial charge in [-0.15, -0.1) is 0 Å². The summed E-state index contributed by atoms with van der Waals surface area (Å²) in [6.45, 7) is 4.72. The predicted octanol–water partition coefficient (Wildman–Crippen LogP) is 2.11. The summed E-state index contributed by atoms with van der Waals surface area (Å²) in [5.74, 6) is 1.43. The number of amides is 1. The van der Waals surface area contributed by atoms with Gasteiger partial charge >= 0.3 is 6.09 Å². The average Bonchev–Trinajstić information content (AvgIpc) is 2.93. The molecule has 1 aromatic carbocycles. The molecule has 0 unspecified atom stereocenters. The third-order valence-corrected chi connectivity index (χ3v) is 4.00. The Hall–Kier alpha value is -1.95. The third-order valence-electron chi connectivity index (χ3n) is 4.00. The number of benzene rings is 1. The number of carbonyl (C=O) groups is 1. The Kier molecular flexibility index (Phi) is 4.11. The zero-order valence-corrected chi connectivity index (χ0v) is 12.8. The monoisotopic (exact) mass is 307 g/mol. The van der Waals surface area contributed by atoms with Gasteiger partial charge in [-0.05, 0) is 38.0 Å². The molecule has 0 spiro atoms. The Morgan fingerprint density at radius 3 is 2.86 bits per heavy atom. The van der Waals surface area contributed by atoms with Gasteiger partial charge in [0, 0.05) is 12.5 Å². The molecule has 0 aliphatic carbocycles. The summed E-state index contributed by atoms with van der Waals surface area (Å²) < 4.78 is 15.9. The standard InChI is InChI=1S/C16H21NO5/c1-10(2)22-16(19)17-6-5-12(13(18)8-17)11-3-4-14-15(7-11)21-9-20-14/h3-4,7,10,12-13,18H,5-6,8-9H2,1-2H3/t12-,13+/m0/s1. The van der Waals surface area contributed by atoms with E-state index in [0.717, 1.165) is 11.3 Å². The minimum absolute atomic E-state index is 0.0161. The van der Waals surface area contributed by atoms with Gasteiger partial charge in [-0.2, -0.15) is 0 Å². The first kappa shape index (κ1) is 15.0. The summed E-state index contributed by atoms with van der Waals surface area (Å²) in [4.78, 5) is 13.5. The number of piperidine rings is 1. The van der Waals surface area contributed by atoms with Gasteiger partial charge in [-0.3, -0.25) is 0 Å². The summed E-state index contributed by atoms with van der Waals surface area (Å²) in [6, 6.07) is 5.73. The molecule has 0 saturated carbocycles. The number of hydrogen-bond donors (Lipinski definition) is 1. The van der Waals surface area contributed by atoms with Crippen molar-refractivity contribution in [3.05, 3.63) is 23.8 Å². The van der Waals surface area contributed by atoms with Gasteiger partial charge in [0.25, 0.3) is 0 Å². The number of rotatable bonds is 2. The largest absolute Gasteiger partial charge is 0.454 e. The van der Waals surface area contributed by atoms with Crippen LogP contribution in [0.2, 0.25) is 0 Å². The summed E-state index contributed by atoms with van der Waals surface area (Å²) in [5.41, 5.74) is 1.01. The van der Waals surface area contributed by atoms with Crippen LogP contribution in [-0.2, 0) is 4.74 Å². The van der Waals surface area contributed by atoms with Crippen molar-refractivity contribution < 1.29 is 24.1 Å². The number of likely N-dealkylation sites (tertiary alicyclic amines) is 1. The summed E-state index contributed by atoms with van der Waals surface area (Å²) in [6.07, 6.45) is -0.447. The maximum absolute atomic E-state index is 11.9. The molecule has 2 aliphatic rings. The van der Waals surface area contributed by atoms with Crippen molar-refractivity contribution in [2.24, 2.45) is 0 Å². The van der Waals surface area contributed by atoms with Gasteiger partial charge < -0.3 is 24.2 Å². The Morgan fingerprint density at radius 2 is 2.14 bits per heavy atom. The van der Waals surface area contributed by atoms with Crippen LogP contribution in [-0.4, -0.2) is 48.2 Å². The summed E-state index contributed by atoms with van der Waals surface area (Å²) in [5, 5.41) is 10.4. The molecule has 1 N–H and O–H groups in total. The number of nitrogens with zero attached hydrogens (tertiary/aromatic N) is 1. The Bertz CT molecular complexity index is 559. The predicted molar refractivity (Wildman–Crippen MR) is 79.1 cm³/mol. The second-order valence-electron chi connectivity index (χ2n) is 5.95. The molecule has 3 rings (SSSR count). The number of aliphatic hydroxyl groups excluding tert-OH is 1. The molecule has 1 saturated heterocycles. The molecule has 1 fully saturated rings. The van der Waals surface area contributed by atoms with Crippen molar-refractivity contribution in [2.45, 2.75) is 38.4 Å². The lowest BCUT2D eigenvalue weighted by Gasteiger charge is -2.35. The molecule has 6 nitrogen and oxygen atoms in total. The topological polar surface area (TPSA) is 68.2 Å². The first-order valence-electron chi connectivity index (χ1n) is 7.58. The highest BCUT2D eigenvalue weighted by Gasteiger charge is 2.32. The molecule has 2 heterocycles. The lowest BCUT2D eigenvalue weighted by molar-refractivity contribution is 0.0265. The molecule has 0 aromatic heterocycles. The van der Waals surface area contributed by atoms with Gasteiger partial charge in [-0.25, -0.2) is 4.79 Å². The molecule has 1 aromatic rings. The van der Waals surface area contributed by atoms with Crippen LogP contribution < -0.4 is 9.47 Å². The van der Waals surface area contributed by atoms with E-state index < -0.39 is 6.10 Å². The Balaban J connectivity index is 1.67. The van der Waals surface area contributed by atoms with Crippen molar-refractivity contribution in [2.75, 3.05) is 19.9 Å². The molecule has 0 bridgehead atoms. The van der Waals surface area contributed by atoms with Crippen LogP contribution in [0.4, 0.5) is 4.79 Å². The van der Waals surface area contributed by atoms with Crippen LogP contribution in [0.15, 0.2) is 18.2 Å². The highest BCUT2D eigenvalue weighted by atomic mass is 16.7. The van der Waals surface area contributed by atoms with Gasteiger partial charge in [0.2, 0.25) is 6.79 Å². The van der Waals surface area contributed by atoms with Gasteiger partial charge in [0.1, 0.15) is 0 Å². The van der Waals surface area contributed by atoms with Gasteiger partial charge in [0.05, 0.1) is 18.8 Å².